The normalized spacial score (nSPS) is 12.7. The SMILES string of the molecule is COC(=O)OCN[C@@H](CCCCN)C(=O)OC(C)=NO. The zero-order chi connectivity index (χ0) is 15.4. The van der Waals surface area contributed by atoms with Crippen molar-refractivity contribution in [1.29, 1.82) is 0 Å². The van der Waals surface area contributed by atoms with Gasteiger partial charge in [0.05, 0.1) is 7.11 Å². The quantitative estimate of drug-likeness (QED) is 0.110. The highest BCUT2D eigenvalue weighted by atomic mass is 16.7. The summed E-state index contributed by atoms with van der Waals surface area (Å²) >= 11 is 0. The average molecular weight is 291 g/mol. The van der Waals surface area contributed by atoms with Crippen LogP contribution in [0.5, 0.6) is 0 Å². The van der Waals surface area contributed by atoms with E-state index in [9.17, 15) is 9.59 Å². The van der Waals surface area contributed by atoms with Crippen molar-refractivity contribution in [3.05, 3.63) is 0 Å². The van der Waals surface area contributed by atoms with E-state index in [2.05, 4.69) is 19.9 Å². The van der Waals surface area contributed by atoms with Gasteiger partial charge in [-0.05, 0) is 19.4 Å². The van der Waals surface area contributed by atoms with E-state index in [1.165, 1.54) is 14.0 Å². The van der Waals surface area contributed by atoms with E-state index in [0.29, 0.717) is 19.4 Å². The molecule has 0 heterocycles. The maximum atomic E-state index is 11.8. The Kier molecular flexibility index (Phi) is 9.97. The Morgan fingerprint density at radius 3 is 2.65 bits per heavy atom. The molecule has 0 aliphatic carbocycles. The van der Waals surface area contributed by atoms with Gasteiger partial charge in [0.25, 0.3) is 0 Å². The molecule has 0 amide bonds. The maximum Gasteiger partial charge on any atom is 0.509 e. The number of carbonyl (C=O) groups is 2. The van der Waals surface area contributed by atoms with Crippen LogP contribution in [0, 0.1) is 0 Å². The lowest BCUT2D eigenvalue weighted by atomic mass is 10.1. The fourth-order valence-electron chi connectivity index (χ4n) is 1.29. The molecule has 0 aromatic heterocycles. The van der Waals surface area contributed by atoms with Crippen molar-refractivity contribution in [1.82, 2.24) is 5.32 Å². The molecule has 0 bridgehead atoms. The van der Waals surface area contributed by atoms with Gasteiger partial charge in [-0.25, -0.2) is 9.59 Å². The van der Waals surface area contributed by atoms with Gasteiger partial charge in [0.1, 0.15) is 12.8 Å². The second kappa shape index (κ2) is 11.0. The molecule has 9 heteroatoms. The van der Waals surface area contributed by atoms with Crippen LogP contribution in [0.2, 0.25) is 0 Å². The maximum absolute atomic E-state index is 11.8. The summed E-state index contributed by atoms with van der Waals surface area (Å²) in [7, 11) is 1.18. The van der Waals surface area contributed by atoms with E-state index in [-0.39, 0.29) is 12.6 Å². The van der Waals surface area contributed by atoms with E-state index in [1.807, 2.05) is 0 Å². The minimum Gasteiger partial charge on any atom is -0.438 e. The first-order valence-electron chi connectivity index (χ1n) is 6.09. The van der Waals surface area contributed by atoms with Crippen LogP contribution in [0.4, 0.5) is 4.79 Å². The molecule has 0 aromatic rings. The van der Waals surface area contributed by atoms with E-state index in [4.69, 9.17) is 15.7 Å². The third-order valence-electron chi connectivity index (χ3n) is 2.31. The van der Waals surface area contributed by atoms with Crippen LogP contribution in [-0.4, -0.2) is 49.7 Å². The summed E-state index contributed by atoms with van der Waals surface area (Å²) in [6, 6.07) is -0.706. The first kappa shape index (κ1) is 18.1. The minimum atomic E-state index is -0.861. The summed E-state index contributed by atoms with van der Waals surface area (Å²) in [6.45, 7) is 1.64. The van der Waals surface area contributed by atoms with Gasteiger partial charge in [-0.1, -0.05) is 11.6 Å². The van der Waals surface area contributed by atoms with Gasteiger partial charge in [-0.3, -0.25) is 5.32 Å². The monoisotopic (exact) mass is 291 g/mol. The Bertz CT molecular complexity index is 334. The van der Waals surface area contributed by atoms with Crippen molar-refractivity contribution in [2.75, 3.05) is 20.4 Å². The molecule has 0 spiro atoms. The number of ether oxygens (including phenoxy) is 3. The molecule has 0 fully saturated rings. The summed E-state index contributed by atoms with van der Waals surface area (Å²) in [6.07, 6.45) is 1.02. The zero-order valence-electron chi connectivity index (χ0n) is 11.6. The molecule has 0 saturated heterocycles. The molecule has 0 unspecified atom stereocenters. The molecule has 0 saturated carbocycles. The molecule has 0 rings (SSSR count). The first-order chi connectivity index (χ1) is 9.54. The Balaban J connectivity index is 4.31. The largest absolute Gasteiger partial charge is 0.509 e. The van der Waals surface area contributed by atoms with Crippen molar-refractivity contribution in [2.24, 2.45) is 10.9 Å². The summed E-state index contributed by atoms with van der Waals surface area (Å²) in [5, 5.41) is 13.9. The number of carbonyl (C=O) groups excluding carboxylic acids is 2. The lowest BCUT2D eigenvalue weighted by molar-refractivity contribution is -0.138. The molecular formula is C11H21N3O6. The number of oxime groups is 1. The number of esters is 1. The van der Waals surface area contributed by atoms with Crippen molar-refractivity contribution in [2.45, 2.75) is 32.2 Å². The van der Waals surface area contributed by atoms with Gasteiger partial charge in [-0.2, -0.15) is 0 Å². The fraction of sp³-hybridized carbons (Fsp3) is 0.727. The van der Waals surface area contributed by atoms with E-state index in [0.717, 1.165) is 6.42 Å². The Hall–Kier alpha value is -1.87. The summed E-state index contributed by atoms with van der Waals surface area (Å²) < 4.78 is 13.7. The lowest BCUT2D eigenvalue weighted by Gasteiger charge is -2.16. The van der Waals surface area contributed by atoms with Crippen LogP contribution in [0.25, 0.3) is 0 Å². The molecule has 9 nitrogen and oxygen atoms in total. The van der Waals surface area contributed by atoms with Gasteiger partial charge in [0, 0.05) is 6.92 Å². The topological polar surface area (TPSA) is 132 Å². The predicted molar refractivity (Wildman–Crippen MR) is 69.2 cm³/mol. The van der Waals surface area contributed by atoms with Gasteiger partial charge < -0.3 is 25.2 Å². The highest BCUT2D eigenvalue weighted by Crippen LogP contribution is 2.03. The fourth-order valence-corrected chi connectivity index (χ4v) is 1.29. The van der Waals surface area contributed by atoms with Gasteiger partial charge >= 0.3 is 12.1 Å². The number of hydrogen-bond donors (Lipinski definition) is 3. The third kappa shape index (κ3) is 8.27. The number of rotatable bonds is 8. The van der Waals surface area contributed by atoms with Crippen molar-refractivity contribution in [3.8, 4) is 0 Å². The number of methoxy groups -OCH3 is 1. The Morgan fingerprint density at radius 2 is 2.10 bits per heavy atom. The number of hydrogen-bond acceptors (Lipinski definition) is 9. The molecule has 20 heavy (non-hydrogen) atoms. The highest BCUT2D eigenvalue weighted by molar-refractivity contribution is 5.89. The second-order valence-corrected chi connectivity index (χ2v) is 3.82. The number of nitrogens with zero attached hydrogens (tertiary/aromatic N) is 1. The van der Waals surface area contributed by atoms with Crippen LogP contribution < -0.4 is 11.1 Å². The molecule has 0 aliphatic heterocycles. The Labute approximate surface area is 117 Å². The summed E-state index contributed by atoms with van der Waals surface area (Å²) in [5.74, 6) is -0.805. The third-order valence-corrected chi connectivity index (χ3v) is 2.31. The van der Waals surface area contributed by atoms with Crippen LogP contribution in [-0.2, 0) is 19.0 Å². The van der Waals surface area contributed by atoms with Crippen LogP contribution in [0.3, 0.4) is 0 Å². The molecule has 0 radical (unpaired) electrons. The molecular weight excluding hydrogens is 270 g/mol. The molecule has 0 aromatic carbocycles. The van der Waals surface area contributed by atoms with Crippen molar-refractivity contribution >= 4 is 18.0 Å². The zero-order valence-corrected chi connectivity index (χ0v) is 11.6. The molecule has 4 N–H and O–H groups in total. The number of nitrogens with one attached hydrogen (secondary N) is 1. The van der Waals surface area contributed by atoms with Crippen molar-refractivity contribution < 1.29 is 29.0 Å². The van der Waals surface area contributed by atoms with Crippen LogP contribution in [0.1, 0.15) is 26.2 Å². The predicted octanol–water partition coefficient (Wildman–Crippen LogP) is 0.165. The molecule has 116 valence electrons. The average Bonchev–Trinajstić information content (AvgIpc) is 2.45. The van der Waals surface area contributed by atoms with E-state index < -0.39 is 18.2 Å². The van der Waals surface area contributed by atoms with Crippen molar-refractivity contribution in [3.63, 3.8) is 0 Å². The number of unbranched alkanes of at least 4 members (excludes halogenated alkanes) is 1. The standard InChI is InChI=1S/C11H21N3O6/c1-8(14-17)20-10(15)9(5-3-4-6-12)13-7-19-11(16)18-2/h9,13,17H,3-7,12H2,1-2H3/t9-/m0/s1. The summed E-state index contributed by atoms with van der Waals surface area (Å²) in [5.41, 5.74) is 5.38. The Morgan fingerprint density at radius 1 is 1.40 bits per heavy atom. The minimum absolute atomic E-state index is 0.172. The smallest absolute Gasteiger partial charge is 0.438 e. The van der Waals surface area contributed by atoms with E-state index in [1.54, 1.807) is 0 Å². The molecule has 0 aliphatic rings. The van der Waals surface area contributed by atoms with Gasteiger partial charge in [0.2, 0.25) is 5.90 Å². The second-order valence-electron chi connectivity index (χ2n) is 3.82. The summed E-state index contributed by atoms with van der Waals surface area (Å²) in [4.78, 5) is 22.6. The highest BCUT2D eigenvalue weighted by Gasteiger charge is 2.20. The van der Waals surface area contributed by atoms with Crippen LogP contribution in [0.15, 0.2) is 5.16 Å². The van der Waals surface area contributed by atoms with Gasteiger partial charge in [0.15, 0.2) is 0 Å². The number of nitrogens with two attached hydrogens (primary N) is 1. The van der Waals surface area contributed by atoms with E-state index >= 15 is 0 Å². The molecule has 1 atom stereocenters. The lowest BCUT2D eigenvalue weighted by Crippen LogP contribution is -2.40. The van der Waals surface area contributed by atoms with Crippen LogP contribution >= 0.6 is 0 Å². The van der Waals surface area contributed by atoms with Gasteiger partial charge in [-0.15, -0.1) is 0 Å². The first-order valence-corrected chi connectivity index (χ1v) is 6.09.